The molecule has 0 radical (unpaired) electrons. The smallest absolute Gasteiger partial charge is 0.0476 e. The fourth-order valence-corrected chi connectivity index (χ4v) is 5.26. The van der Waals surface area contributed by atoms with Crippen LogP contribution in [0.25, 0.3) is 0 Å². The van der Waals surface area contributed by atoms with Crippen LogP contribution in [0.15, 0.2) is 12.1 Å². The van der Waals surface area contributed by atoms with E-state index < -0.39 is 0 Å². The standard InChI is InChI=1S/C25H35Cl2N/c1-7-16-12-18(24(26)21(10-4)20(16)9-3)14-19-13-17(8-2)23(15(6)28)22(11-5)25(19)27/h12-13,15H,7-11,14,28H2,1-6H3/t15-/m0/s1. The zero-order valence-corrected chi connectivity index (χ0v) is 19.8. The maximum Gasteiger partial charge on any atom is 0.0476 e. The van der Waals surface area contributed by atoms with Crippen molar-refractivity contribution >= 4 is 23.2 Å². The zero-order valence-electron chi connectivity index (χ0n) is 18.3. The molecule has 2 rings (SSSR count). The van der Waals surface area contributed by atoms with Crippen molar-refractivity contribution in [3.63, 3.8) is 0 Å². The lowest BCUT2D eigenvalue weighted by Gasteiger charge is -2.22. The van der Waals surface area contributed by atoms with Crippen LogP contribution in [0.5, 0.6) is 0 Å². The third-order valence-corrected chi connectivity index (χ3v) is 6.81. The fraction of sp³-hybridized carbons (Fsp3) is 0.520. The third kappa shape index (κ3) is 4.42. The fourth-order valence-electron chi connectivity index (χ4n) is 4.53. The van der Waals surface area contributed by atoms with Crippen LogP contribution >= 0.6 is 23.2 Å². The molecule has 1 atom stereocenters. The van der Waals surface area contributed by atoms with Crippen LogP contribution in [0, 0.1) is 0 Å². The summed E-state index contributed by atoms with van der Waals surface area (Å²) in [4.78, 5) is 0. The Morgan fingerprint density at radius 1 is 0.679 bits per heavy atom. The molecule has 0 aliphatic rings. The maximum absolute atomic E-state index is 6.90. The van der Waals surface area contributed by atoms with E-state index in [1.807, 2.05) is 6.92 Å². The topological polar surface area (TPSA) is 26.0 Å². The van der Waals surface area contributed by atoms with Gasteiger partial charge in [0.25, 0.3) is 0 Å². The van der Waals surface area contributed by atoms with Gasteiger partial charge in [-0.1, -0.05) is 70.0 Å². The molecule has 2 N–H and O–H groups in total. The van der Waals surface area contributed by atoms with E-state index in [0.29, 0.717) is 0 Å². The highest BCUT2D eigenvalue weighted by molar-refractivity contribution is 6.33. The highest BCUT2D eigenvalue weighted by atomic mass is 35.5. The van der Waals surface area contributed by atoms with Crippen molar-refractivity contribution in [2.75, 3.05) is 0 Å². The van der Waals surface area contributed by atoms with Crippen molar-refractivity contribution in [1.82, 2.24) is 0 Å². The summed E-state index contributed by atoms with van der Waals surface area (Å²) in [6.45, 7) is 13.0. The molecule has 0 saturated heterocycles. The van der Waals surface area contributed by atoms with Crippen molar-refractivity contribution in [2.24, 2.45) is 5.73 Å². The van der Waals surface area contributed by atoms with E-state index >= 15 is 0 Å². The summed E-state index contributed by atoms with van der Waals surface area (Å²) >= 11 is 13.8. The van der Waals surface area contributed by atoms with Crippen LogP contribution < -0.4 is 5.73 Å². The normalized spacial score (nSPS) is 12.5. The summed E-state index contributed by atoms with van der Waals surface area (Å²) in [5.41, 5.74) is 16.5. The van der Waals surface area contributed by atoms with Crippen molar-refractivity contribution in [2.45, 2.75) is 86.1 Å². The first kappa shape index (κ1) is 23.3. The van der Waals surface area contributed by atoms with Crippen molar-refractivity contribution in [1.29, 1.82) is 0 Å². The monoisotopic (exact) mass is 419 g/mol. The van der Waals surface area contributed by atoms with Crippen LogP contribution in [-0.2, 0) is 38.5 Å². The predicted molar refractivity (Wildman–Crippen MR) is 125 cm³/mol. The molecular formula is C25H35Cl2N. The Kier molecular flexibility index (Phi) is 8.43. The molecule has 0 spiro atoms. The van der Waals surface area contributed by atoms with Gasteiger partial charge in [0, 0.05) is 22.5 Å². The molecule has 1 nitrogen and oxygen atoms in total. The van der Waals surface area contributed by atoms with Gasteiger partial charge in [-0.25, -0.2) is 0 Å². The van der Waals surface area contributed by atoms with Gasteiger partial charge in [0.15, 0.2) is 0 Å². The summed E-state index contributed by atoms with van der Waals surface area (Å²) < 4.78 is 0. The summed E-state index contributed by atoms with van der Waals surface area (Å²) in [5, 5.41) is 1.78. The van der Waals surface area contributed by atoms with Gasteiger partial charge in [-0.2, -0.15) is 0 Å². The first-order chi connectivity index (χ1) is 13.3. The molecule has 28 heavy (non-hydrogen) atoms. The van der Waals surface area contributed by atoms with Crippen LogP contribution in [0.1, 0.15) is 92.1 Å². The van der Waals surface area contributed by atoms with E-state index in [1.54, 1.807) is 0 Å². The van der Waals surface area contributed by atoms with Gasteiger partial charge in [0.1, 0.15) is 0 Å². The summed E-state index contributed by atoms with van der Waals surface area (Å²) in [7, 11) is 0. The Morgan fingerprint density at radius 2 is 1.14 bits per heavy atom. The summed E-state index contributed by atoms with van der Waals surface area (Å²) in [6, 6.07) is 4.54. The lowest BCUT2D eigenvalue weighted by molar-refractivity contribution is 0.782. The quantitative estimate of drug-likeness (QED) is 0.473. The van der Waals surface area contributed by atoms with Gasteiger partial charge in [-0.15, -0.1) is 0 Å². The van der Waals surface area contributed by atoms with E-state index in [0.717, 1.165) is 54.1 Å². The molecule has 3 heteroatoms. The summed E-state index contributed by atoms with van der Waals surface area (Å²) in [5.74, 6) is 0. The Hall–Kier alpha value is -1.02. The molecule has 0 aliphatic carbocycles. The minimum Gasteiger partial charge on any atom is -0.324 e. The lowest BCUT2D eigenvalue weighted by Crippen LogP contribution is -2.13. The average molecular weight is 420 g/mol. The predicted octanol–water partition coefficient (Wildman–Crippen LogP) is 7.42. The highest BCUT2D eigenvalue weighted by Gasteiger charge is 2.20. The van der Waals surface area contributed by atoms with Gasteiger partial charge < -0.3 is 5.73 Å². The number of halogens is 2. The maximum atomic E-state index is 6.90. The van der Waals surface area contributed by atoms with E-state index in [2.05, 4.69) is 46.8 Å². The SMILES string of the molecule is CCc1cc(Cc2cc(CC)c([C@H](C)N)c(CC)c2Cl)c(Cl)c(CC)c1CC. The second-order valence-electron chi connectivity index (χ2n) is 7.60. The Labute approximate surface area is 181 Å². The zero-order chi connectivity index (χ0) is 21.0. The second kappa shape index (κ2) is 10.1. The first-order valence-electron chi connectivity index (χ1n) is 10.7. The molecule has 0 aliphatic heterocycles. The molecule has 154 valence electrons. The van der Waals surface area contributed by atoms with E-state index in [9.17, 15) is 0 Å². The number of benzene rings is 2. The van der Waals surface area contributed by atoms with E-state index in [-0.39, 0.29) is 6.04 Å². The highest BCUT2D eigenvalue weighted by Crippen LogP contribution is 2.36. The van der Waals surface area contributed by atoms with Crippen LogP contribution in [0.4, 0.5) is 0 Å². The first-order valence-corrected chi connectivity index (χ1v) is 11.5. The molecule has 0 aromatic heterocycles. The molecule has 0 fully saturated rings. The Bertz CT molecular complexity index is 837. The van der Waals surface area contributed by atoms with Crippen LogP contribution in [-0.4, -0.2) is 0 Å². The van der Waals surface area contributed by atoms with Crippen LogP contribution in [0.2, 0.25) is 10.0 Å². The number of rotatable bonds is 8. The number of hydrogen-bond acceptors (Lipinski definition) is 1. The van der Waals surface area contributed by atoms with E-state index in [4.69, 9.17) is 28.9 Å². The molecule has 0 amide bonds. The Balaban J connectivity index is 2.66. The van der Waals surface area contributed by atoms with E-state index in [1.165, 1.54) is 38.9 Å². The van der Waals surface area contributed by atoms with Crippen molar-refractivity contribution < 1.29 is 0 Å². The second-order valence-corrected chi connectivity index (χ2v) is 8.36. The van der Waals surface area contributed by atoms with Gasteiger partial charge in [-0.05, 0) is 83.5 Å². The minimum absolute atomic E-state index is 0.0118. The van der Waals surface area contributed by atoms with Gasteiger partial charge >= 0.3 is 0 Å². The Morgan fingerprint density at radius 3 is 1.57 bits per heavy atom. The minimum atomic E-state index is -0.0118. The van der Waals surface area contributed by atoms with Crippen molar-refractivity contribution in [3.8, 4) is 0 Å². The molecule has 2 aromatic rings. The molecular weight excluding hydrogens is 385 g/mol. The number of hydrogen-bond donors (Lipinski definition) is 1. The number of aryl methyl sites for hydroxylation is 2. The molecule has 2 aromatic carbocycles. The molecule has 0 bridgehead atoms. The lowest BCUT2D eigenvalue weighted by atomic mass is 9.87. The summed E-state index contributed by atoms with van der Waals surface area (Å²) in [6.07, 6.45) is 5.62. The third-order valence-electron chi connectivity index (χ3n) is 5.87. The number of nitrogens with two attached hydrogens (primary N) is 1. The molecule has 0 heterocycles. The van der Waals surface area contributed by atoms with Gasteiger partial charge in [0.2, 0.25) is 0 Å². The van der Waals surface area contributed by atoms with Crippen LogP contribution in [0.3, 0.4) is 0 Å². The molecule has 0 saturated carbocycles. The van der Waals surface area contributed by atoms with Gasteiger partial charge in [0.05, 0.1) is 0 Å². The molecule has 0 unspecified atom stereocenters. The van der Waals surface area contributed by atoms with Crippen molar-refractivity contribution in [3.05, 3.63) is 66.7 Å². The largest absolute Gasteiger partial charge is 0.324 e. The average Bonchev–Trinajstić information content (AvgIpc) is 2.69. The van der Waals surface area contributed by atoms with Gasteiger partial charge in [-0.3, -0.25) is 0 Å².